The van der Waals surface area contributed by atoms with Gasteiger partial charge in [-0.25, -0.2) is 4.99 Å². The van der Waals surface area contributed by atoms with Crippen LogP contribution < -0.4 is 0 Å². The van der Waals surface area contributed by atoms with Gasteiger partial charge in [0.05, 0.1) is 6.04 Å². The molecule has 1 fully saturated rings. The van der Waals surface area contributed by atoms with E-state index in [1.54, 1.807) is 0 Å². The van der Waals surface area contributed by atoms with Gasteiger partial charge in [-0.3, -0.25) is 0 Å². The molecule has 3 nitrogen and oxygen atoms in total. The number of nitrogens with zero attached hydrogens (tertiary/aromatic N) is 3. The average molecular weight is 197 g/mol. The smallest absolute Gasteiger partial charge is 0.195 e. The van der Waals surface area contributed by atoms with Crippen molar-refractivity contribution in [2.45, 2.75) is 38.1 Å². The fourth-order valence-electron chi connectivity index (χ4n) is 2.00. The molecule has 1 saturated carbocycles. The first kappa shape index (κ1) is 11.3. The van der Waals surface area contributed by atoms with Crippen molar-refractivity contribution in [2.24, 2.45) is 4.99 Å². The molecule has 0 aromatic rings. The van der Waals surface area contributed by atoms with Crippen LogP contribution in [-0.4, -0.2) is 50.0 Å². The van der Waals surface area contributed by atoms with E-state index in [0.717, 1.165) is 5.96 Å². The second-order valence-electron chi connectivity index (χ2n) is 4.51. The van der Waals surface area contributed by atoms with E-state index in [2.05, 4.69) is 38.0 Å². The van der Waals surface area contributed by atoms with E-state index in [1.165, 1.54) is 32.1 Å². The average Bonchev–Trinajstić information content (AvgIpc) is 2.15. The maximum atomic E-state index is 4.80. The first-order chi connectivity index (χ1) is 6.61. The Hall–Kier alpha value is -0.730. The molecule has 0 unspecified atom stereocenters. The maximum Gasteiger partial charge on any atom is 0.195 e. The first-order valence-electron chi connectivity index (χ1n) is 5.53. The normalized spacial score (nSPS) is 17.7. The third-order valence-corrected chi connectivity index (χ3v) is 2.67. The molecule has 1 aliphatic rings. The lowest BCUT2D eigenvalue weighted by molar-refractivity contribution is 0.417. The zero-order valence-electron chi connectivity index (χ0n) is 9.95. The van der Waals surface area contributed by atoms with Crippen molar-refractivity contribution >= 4 is 5.96 Å². The van der Waals surface area contributed by atoms with Gasteiger partial charge in [-0.2, -0.15) is 0 Å². The van der Waals surface area contributed by atoms with Crippen LogP contribution in [0.1, 0.15) is 32.1 Å². The van der Waals surface area contributed by atoms with Crippen LogP contribution in [0.15, 0.2) is 4.99 Å². The van der Waals surface area contributed by atoms with Crippen molar-refractivity contribution in [1.29, 1.82) is 0 Å². The molecular formula is C11H23N3. The lowest BCUT2D eigenvalue weighted by atomic mass is 9.96. The maximum absolute atomic E-state index is 4.80. The summed E-state index contributed by atoms with van der Waals surface area (Å²) < 4.78 is 0. The number of aliphatic imine (C=N–C) groups is 1. The second-order valence-corrected chi connectivity index (χ2v) is 4.51. The van der Waals surface area contributed by atoms with Gasteiger partial charge in [0.1, 0.15) is 0 Å². The van der Waals surface area contributed by atoms with Crippen LogP contribution in [0.4, 0.5) is 0 Å². The standard InChI is InChI=1S/C11H23N3/c1-13(2)11(14(3)4)12-10-8-6-5-7-9-10/h10H,5-9H2,1-4H3. The minimum absolute atomic E-state index is 0.559. The molecule has 14 heavy (non-hydrogen) atoms. The molecule has 0 atom stereocenters. The predicted molar refractivity (Wildman–Crippen MR) is 61.7 cm³/mol. The predicted octanol–water partition coefficient (Wildman–Crippen LogP) is 1.80. The minimum atomic E-state index is 0.559. The summed E-state index contributed by atoms with van der Waals surface area (Å²) in [5.41, 5.74) is 0. The Morgan fingerprint density at radius 3 is 1.86 bits per heavy atom. The fraction of sp³-hybridized carbons (Fsp3) is 0.909. The Bertz CT molecular complexity index is 181. The zero-order valence-corrected chi connectivity index (χ0v) is 9.95. The van der Waals surface area contributed by atoms with E-state index in [1.807, 2.05) is 0 Å². The van der Waals surface area contributed by atoms with Crippen LogP contribution in [0.5, 0.6) is 0 Å². The second kappa shape index (κ2) is 5.23. The highest BCUT2D eigenvalue weighted by atomic mass is 15.3. The Labute approximate surface area is 87.8 Å². The molecule has 82 valence electrons. The molecule has 0 heterocycles. The summed E-state index contributed by atoms with van der Waals surface area (Å²) in [7, 11) is 8.23. The topological polar surface area (TPSA) is 18.8 Å². The van der Waals surface area contributed by atoms with Crippen LogP contribution in [-0.2, 0) is 0 Å². The molecule has 0 spiro atoms. The van der Waals surface area contributed by atoms with Gasteiger partial charge in [-0.05, 0) is 12.8 Å². The minimum Gasteiger partial charge on any atom is -0.349 e. The molecular weight excluding hydrogens is 174 g/mol. The van der Waals surface area contributed by atoms with E-state index in [-0.39, 0.29) is 0 Å². The molecule has 0 N–H and O–H groups in total. The largest absolute Gasteiger partial charge is 0.349 e. The van der Waals surface area contributed by atoms with Crippen LogP contribution in [0, 0.1) is 0 Å². The van der Waals surface area contributed by atoms with Crippen LogP contribution >= 0.6 is 0 Å². The monoisotopic (exact) mass is 197 g/mol. The molecule has 1 rings (SSSR count). The molecule has 0 saturated heterocycles. The summed E-state index contributed by atoms with van der Waals surface area (Å²) in [5, 5.41) is 0. The zero-order chi connectivity index (χ0) is 10.6. The Morgan fingerprint density at radius 1 is 0.929 bits per heavy atom. The highest BCUT2D eigenvalue weighted by molar-refractivity contribution is 5.79. The lowest BCUT2D eigenvalue weighted by Gasteiger charge is -2.26. The molecule has 0 bridgehead atoms. The fourth-order valence-corrected chi connectivity index (χ4v) is 2.00. The van der Waals surface area contributed by atoms with Crippen molar-refractivity contribution in [2.75, 3.05) is 28.2 Å². The molecule has 0 radical (unpaired) electrons. The van der Waals surface area contributed by atoms with Gasteiger partial charge < -0.3 is 9.80 Å². The third-order valence-electron chi connectivity index (χ3n) is 2.67. The van der Waals surface area contributed by atoms with E-state index in [0.29, 0.717) is 6.04 Å². The van der Waals surface area contributed by atoms with E-state index in [4.69, 9.17) is 4.99 Å². The Balaban J connectivity index is 2.60. The van der Waals surface area contributed by atoms with Gasteiger partial charge >= 0.3 is 0 Å². The van der Waals surface area contributed by atoms with Gasteiger partial charge in [0.25, 0.3) is 0 Å². The molecule has 1 aliphatic carbocycles. The highest BCUT2D eigenvalue weighted by Gasteiger charge is 2.14. The van der Waals surface area contributed by atoms with Crippen molar-refractivity contribution in [3.63, 3.8) is 0 Å². The summed E-state index contributed by atoms with van der Waals surface area (Å²) in [4.78, 5) is 8.99. The van der Waals surface area contributed by atoms with Crippen molar-refractivity contribution in [1.82, 2.24) is 9.80 Å². The van der Waals surface area contributed by atoms with E-state index in [9.17, 15) is 0 Å². The van der Waals surface area contributed by atoms with Crippen LogP contribution in [0.25, 0.3) is 0 Å². The molecule has 0 aromatic carbocycles. The number of hydrogen-bond acceptors (Lipinski definition) is 1. The van der Waals surface area contributed by atoms with Crippen molar-refractivity contribution < 1.29 is 0 Å². The lowest BCUT2D eigenvalue weighted by Crippen LogP contribution is -2.36. The van der Waals surface area contributed by atoms with Crippen LogP contribution in [0.3, 0.4) is 0 Å². The number of rotatable bonds is 1. The first-order valence-corrected chi connectivity index (χ1v) is 5.53. The summed E-state index contributed by atoms with van der Waals surface area (Å²) >= 11 is 0. The molecule has 0 amide bonds. The quantitative estimate of drug-likeness (QED) is 0.471. The van der Waals surface area contributed by atoms with Gasteiger partial charge in [0.15, 0.2) is 5.96 Å². The number of hydrogen-bond donors (Lipinski definition) is 0. The van der Waals surface area contributed by atoms with Gasteiger partial charge in [-0.1, -0.05) is 19.3 Å². The molecule has 3 heteroatoms. The Morgan fingerprint density at radius 2 is 1.43 bits per heavy atom. The van der Waals surface area contributed by atoms with Crippen molar-refractivity contribution in [3.8, 4) is 0 Å². The van der Waals surface area contributed by atoms with E-state index < -0.39 is 0 Å². The Kier molecular flexibility index (Phi) is 4.23. The van der Waals surface area contributed by atoms with Crippen molar-refractivity contribution in [3.05, 3.63) is 0 Å². The van der Waals surface area contributed by atoms with Crippen LogP contribution in [0.2, 0.25) is 0 Å². The van der Waals surface area contributed by atoms with E-state index >= 15 is 0 Å². The molecule has 0 aliphatic heterocycles. The SMILES string of the molecule is CN(C)C(=NC1CCCCC1)N(C)C. The number of guanidine groups is 1. The van der Waals surface area contributed by atoms with Gasteiger partial charge in [-0.15, -0.1) is 0 Å². The summed E-state index contributed by atoms with van der Waals surface area (Å²) in [6, 6.07) is 0.559. The summed E-state index contributed by atoms with van der Waals surface area (Å²) in [5.74, 6) is 1.09. The highest BCUT2D eigenvalue weighted by Crippen LogP contribution is 2.20. The van der Waals surface area contributed by atoms with Gasteiger partial charge in [0.2, 0.25) is 0 Å². The molecule has 0 aromatic heterocycles. The van der Waals surface area contributed by atoms with Gasteiger partial charge in [0, 0.05) is 28.2 Å². The summed E-state index contributed by atoms with van der Waals surface area (Å²) in [6.45, 7) is 0. The summed E-state index contributed by atoms with van der Waals surface area (Å²) in [6.07, 6.45) is 6.63. The third kappa shape index (κ3) is 3.20.